The van der Waals surface area contributed by atoms with Crippen molar-refractivity contribution in [2.45, 2.75) is 47.5 Å². The Labute approximate surface area is 124 Å². The van der Waals surface area contributed by atoms with Crippen LogP contribution in [0.25, 0.3) is 0 Å². The van der Waals surface area contributed by atoms with Crippen LogP contribution >= 0.6 is 0 Å². The molecule has 0 aromatic carbocycles. The van der Waals surface area contributed by atoms with Gasteiger partial charge in [-0.25, -0.2) is 0 Å². The highest BCUT2D eigenvalue weighted by molar-refractivity contribution is 5.81. The second kappa shape index (κ2) is 14.3. The Morgan fingerprint density at radius 1 is 0.950 bits per heavy atom. The maximum atomic E-state index is 11.7. The molecule has 0 atom stereocenters. The van der Waals surface area contributed by atoms with E-state index in [9.17, 15) is 9.59 Å². The monoisotopic (exact) mass is 288 g/mol. The lowest BCUT2D eigenvalue weighted by Gasteiger charge is -2.32. The van der Waals surface area contributed by atoms with Gasteiger partial charge in [0.15, 0.2) is 0 Å². The third-order valence-corrected chi connectivity index (χ3v) is 2.70. The molecule has 1 rings (SSSR count). The first-order chi connectivity index (χ1) is 9.63. The molecule has 1 heterocycles. The lowest BCUT2D eigenvalue weighted by molar-refractivity contribution is -0.146. The summed E-state index contributed by atoms with van der Waals surface area (Å²) in [6.07, 6.45) is 0.460. The maximum absolute atomic E-state index is 11.7. The van der Waals surface area contributed by atoms with Gasteiger partial charge < -0.3 is 14.5 Å². The molecule has 0 aromatic heterocycles. The molecule has 1 aliphatic heterocycles. The lowest BCUT2D eigenvalue weighted by atomic mass is 10.2. The number of carbonyl (C=O) groups is 2. The molecule has 0 unspecified atom stereocenters. The summed E-state index contributed by atoms with van der Waals surface area (Å²) < 4.78 is 4.78. The number of carbonyl (C=O) groups excluding carboxylic acids is 2. The summed E-state index contributed by atoms with van der Waals surface area (Å²) in [4.78, 5) is 26.8. The largest absolute Gasteiger partial charge is 0.466 e. The lowest BCUT2D eigenvalue weighted by Crippen LogP contribution is -2.47. The summed E-state index contributed by atoms with van der Waals surface area (Å²) >= 11 is 0. The predicted molar refractivity (Wildman–Crippen MR) is 82.6 cm³/mol. The van der Waals surface area contributed by atoms with Crippen LogP contribution < -0.4 is 0 Å². The Balaban J connectivity index is 0. The smallest absolute Gasteiger partial charge is 0.306 e. The Morgan fingerprint density at radius 2 is 1.45 bits per heavy atom. The zero-order chi connectivity index (χ0) is 16.0. The summed E-state index contributed by atoms with van der Waals surface area (Å²) in [5.74, 6) is -0.230. The van der Waals surface area contributed by atoms with Crippen LogP contribution in [0.1, 0.15) is 47.5 Å². The van der Waals surface area contributed by atoms with Crippen LogP contribution in [-0.4, -0.2) is 61.5 Å². The maximum Gasteiger partial charge on any atom is 0.306 e. The van der Waals surface area contributed by atoms with E-state index in [1.54, 1.807) is 6.92 Å². The molecule has 5 heteroatoms. The molecular weight excluding hydrogens is 256 g/mol. The highest BCUT2D eigenvalue weighted by atomic mass is 16.5. The Bertz CT molecular complexity index is 250. The van der Waals surface area contributed by atoms with Crippen LogP contribution in [0.5, 0.6) is 0 Å². The zero-order valence-corrected chi connectivity index (χ0v) is 14.1. The Hall–Kier alpha value is -1.10. The average Bonchev–Trinajstić information content (AvgIpc) is 2.50. The highest BCUT2D eigenvalue weighted by Crippen LogP contribution is 2.04. The second-order valence-corrected chi connectivity index (χ2v) is 3.99. The fourth-order valence-corrected chi connectivity index (χ4v) is 1.66. The van der Waals surface area contributed by atoms with E-state index in [2.05, 4.69) is 4.90 Å². The van der Waals surface area contributed by atoms with Gasteiger partial charge in [-0.2, -0.15) is 0 Å². The van der Waals surface area contributed by atoms with Gasteiger partial charge in [0.25, 0.3) is 0 Å². The summed E-state index contributed by atoms with van der Waals surface area (Å²) in [5.41, 5.74) is 0. The van der Waals surface area contributed by atoms with E-state index in [4.69, 9.17) is 4.74 Å². The van der Waals surface area contributed by atoms with Crippen LogP contribution in [0.3, 0.4) is 0 Å². The fourth-order valence-electron chi connectivity index (χ4n) is 1.66. The molecule has 0 saturated carbocycles. The first kappa shape index (κ1) is 21.2. The SMILES string of the molecule is CC.CC.CCOC(=O)CCC(=O)N1CCN(C)CC1. The molecule has 1 amide bonds. The number of rotatable bonds is 4. The van der Waals surface area contributed by atoms with Gasteiger partial charge in [-0.3, -0.25) is 9.59 Å². The van der Waals surface area contributed by atoms with Gasteiger partial charge in [-0.1, -0.05) is 27.7 Å². The molecule has 0 N–H and O–H groups in total. The van der Waals surface area contributed by atoms with Crippen LogP contribution in [0, 0.1) is 0 Å². The number of piperazine rings is 1. The molecule has 1 aliphatic rings. The summed E-state index contributed by atoms with van der Waals surface area (Å²) in [6, 6.07) is 0. The molecule has 20 heavy (non-hydrogen) atoms. The van der Waals surface area contributed by atoms with E-state index < -0.39 is 0 Å². The molecule has 120 valence electrons. The van der Waals surface area contributed by atoms with Crippen LogP contribution in [0.4, 0.5) is 0 Å². The first-order valence-electron chi connectivity index (χ1n) is 7.75. The van der Waals surface area contributed by atoms with Crippen LogP contribution in [-0.2, 0) is 14.3 Å². The number of hydrogen-bond donors (Lipinski definition) is 0. The van der Waals surface area contributed by atoms with Crippen molar-refractivity contribution in [3.8, 4) is 0 Å². The van der Waals surface area contributed by atoms with E-state index in [0.717, 1.165) is 26.2 Å². The van der Waals surface area contributed by atoms with Crippen molar-refractivity contribution in [2.24, 2.45) is 0 Å². The molecule has 1 saturated heterocycles. The summed E-state index contributed by atoms with van der Waals surface area (Å²) in [7, 11) is 2.04. The van der Waals surface area contributed by atoms with Gasteiger partial charge in [0, 0.05) is 32.6 Å². The predicted octanol–water partition coefficient (Wildman–Crippen LogP) is 2.16. The van der Waals surface area contributed by atoms with E-state index in [-0.39, 0.29) is 24.7 Å². The minimum absolute atomic E-state index is 0.0566. The van der Waals surface area contributed by atoms with Crippen molar-refractivity contribution < 1.29 is 14.3 Å². The zero-order valence-electron chi connectivity index (χ0n) is 14.1. The fraction of sp³-hybridized carbons (Fsp3) is 0.867. The Morgan fingerprint density at radius 3 is 1.90 bits per heavy atom. The molecule has 0 bridgehead atoms. The van der Waals surface area contributed by atoms with Gasteiger partial charge >= 0.3 is 5.97 Å². The van der Waals surface area contributed by atoms with Gasteiger partial charge in [0.05, 0.1) is 13.0 Å². The molecule has 1 fully saturated rings. The number of nitrogens with zero attached hydrogens (tertiary/aromatic N) is 2. The summed E-state index contributed by atoms with van der Waals surface area (Å²) in [6.45, 7) is 13.5. The number of ether oxygens (including phenoxy) is 1. The molecule has 0 spiro atoms. The van der Waals surface area contributed by atoms with Crippen molar-refractivity contribution in [3.05, 3.63) is 0 Å². The minimum Gasteiger partial charge on any atom is -0.466 e. The number of esters is 1. The van der Waals surface area contributed by atoms with E-state index >= 15 is 0 Å². The third kappa shape index (κ3) is 9.78. The van der Waals surface area contributed by atoms with Gasteiger partial charge in [-0.05, 0) is 14.0 Å². The average molecular weight is 288 g/mol. The van der Waals surface area contributed by atoms with E-state index in [1.165, 1.54) is 0 Å². The van der Waals surface area contributed by atoms with E-state index in [1.807, 2.05) is 39.6 Å². The van der Waals surface area contributed by atoms with Crippen molar-refractivity contribution in [3.63, 3.8) is 0 Å². The molecule has 0 aliphatic carbocycles. The molecule has 0 aromatic rings. The Kier molecular flexibility index (Phi) is 15.2. The van der Waals surface area contributed by atoms with Gasteiger partial charge in [-0.15, -0.1) is 0 Å². The molecular formula is C15H32N2O3. The number of likely N-dealkylation sites (N-methyl/N-ethyl adjacent to an activating group) is 1. The number of hydrogen-bond acceptors (Lipinski definition) is 4. The van der Waals surface area contributed by atoms with Gasteiger partial charge in [0.2, 0.25) is 5.91 Å². The van der Waals surface area contributed by atoms with Gasteiger partial charge in [0.1, 0.15) is 0 Å². The van der Waals surface area contributed by atoms with Crippen LogP contribution in [0.2, 0.25) is 0 Å². The molecule has 0 radical (unpaired) electrons. The van der Waals surface area contributed by atoms with Crippen molar-refractivity contribution in [1.29, 1.82) is 0 Å². The first-order valence-corrected chi connectivity index (χ1v) is 7.75. The standard InChI is InChI=1S/C11H20N2O3.2C2H6/c1-3-16-11(15)5-4-10(14)13-8-6-12(2)7-9-13;2*1-2/h3-9H2,1-2H3;2*1-2H3. The number of amides is 1. The van der Waals surface area contributed by atoms with Crippen molar-refractivity contribution in [1.82, 2.24) is 9.80 Å². The highest BCUT2D eigenvalue weighted by Gasteiger charge is 2.19. The second-order valence-electron chi connectivity index (χ2n) is 3.99. The quantitative estimate of drug-likeness (QED) is 0.744. The molecule has 5 nitrogen and oxygen atoms in total. The minimum atomic E-state index is -0.287. The van der Waals surface area contributed by atoms with Crippen molar-refractivity contribution in [2.75, 3.05) is 39.8 Å². The van der Waals surface area contributed by atoms with E-state index in [0.29, 0.717) is 6.61 Å². The summed E-state index contributed by atoms with van der Waals surface area (Å²) in [5, 5.41) is 0. The van der Waals surface area contributed by atoms with Crippen LogP contribution in [0.15, 0.2) is 0 Å². The normalized spacial score (nSPS) is 14.4. The van der Waals surface area contributed by atoms with Crippen molar-refractivity contribution >= 4 is 11.9 Å². The topological polar surface area (TPSA) is 49.9 Å². The third-order valence-electron chi connectivity index (χ3n) is 2.70.